The minimum Gasteiger partial charge on any atom is -0.496 e. The molecule has 1 aromatic carbocycles. The van der Waals surface area contributed by atoms with E-state index in [0.717, 1.165) is 0 Å². The second kappa shape index (κ2) is 10.3. The molecule has 12 heteroatoms. The average Bonchev–Trinajstić information content (AvgIpc) is 2.64. The smallest absolute Gasteiger partial charge is 0.357 e. The van der Waals surface area contributed by atoms with Crippen molar-refractivity contribution in [3.8, 4) is 11.5 Å². The highest BCUT2D eigenvalue weighted by molar-refractivity contribution is 7.81. The molecule has 6 N–H and O–H groups in total. The Morgan fingerprint density at radius 1 is 1.11 bits per heavy atom. The van der Waals surface area contributed by atoms with Crippen molar-refractivity contribution in [3.05, 3.63) is 23.3 Å². The Hall–Kier alpha value is -2.30. The van der Waals surface area contributed by atoms with Gasteiger partial charge in [-0.05, 0) is 12.1 Å². The number of nitrogens with two attached hydrogens (primary N) is 1. The van der Waals surface area contributed by atoms with Crippen molar-refractivity contribution in [3.63, 3.8) is 0 Å². The first-order valence-corrected chi connectivity index (χ1v) is 9.82. The van der Waals surface area contributed by atoms with Crippen LogP contribution in [0.25, 0.3) is 0 Å². The summed E-state index contributed by atoms with van der Waals surface area (Å²) in [5.74, 6) is -2.24. The number of hydrogen-bond donors (Lipinski definition) is 5. The molecular formula is C16H23NO10P+. The Morgan fingerprint density at radius 3 is 2.07 bits per heavy atom. The molecule has 0 heterocycles. The molecule has 0 bridgehead atoms. The van der Waals surface area contributed by atoms with E-state index in [0.29, 0.717) is 5.56 Å². The summed E-state index contributed by atoms with van der Waals surface area (Å²) in [5.41, 5.74) is 4.53. The van der Waals surface area contributed by atoms with Crippen molar-refractivity contribution in [1.82, 2.24) is 0 Å². The van der Waals surface area contributed by atoms with Crippen LogP contribution in [-0.2, 0) is 20.9 Å². The van der Waals surface area contributed by atoms with E-state index in [4.69, 9.17) is 30.2 Å². The molecule has 1 aromatic rings. The van der Waals surface area contributed by atoms with Crippen LogP contribution in [-0.4, -0.2) is 70.5 Å². The fourth-order valence-corrected chi connectivity index (χ4v) is 3.62. The van der Waals surface area contributed by atoms with Crippen LogP contribution < -0.4 is 15.2 Å². The van der Waals surface area contributed by atoms with Gasteiger partial charge in [0.2, 0.25) is 0 Å². The zero-order valence-electron chi connectivity index (χ0n) is 15.3. The monoisotopic (exact) mass is 420 g/mol. The average molecular weight is 420 g/mol. The lowest BCUT2D eigenvalue weighted by molar-refractivity contribution is -0.142. The predicted octanol–water partition coefficient (Wildman–Crippen LogP) is 0.0794. The van der Waals surface area contributed by atoms with Crippen molar-refractivity contribution in [2.75, 3.05) is 27.0 Å². The highest BCUT2D eigenvalue weighted by Crippen LogP contribution is 2.54. The minimum atomic E-state index is -4.16. The Balaban J connectivity index is 3.10. The SMILES string of the molecule is COc1cc(C(=O)[P+](O)(O)CCC(N)C(=O)O)cc(OC)c1COCC(=O)O. The lowest BCUT2D eigenvalue weighted by Gasteiger charge is -2.16. The molecule has 0 spiro atoms. The third kappa shape index (κ3) is 6.39. The van der Waals surface area contributed by atoms with E-state index >= 15 is 0 Å². The van der Waals surface area contributed by atoms with Crippen molar-refractivity contribution in [1.29, 1.82) is 0 Å². The lowest BCUT2D eigenvalue weighted by Crippen LogP contribution is -2.31. The summed E-state index contributed by atoms with van der Waals surface area (Å²) >= 11 is 0. The summed E-state index contributed by atoms with van der Waals surface area (Å²) in [5, 5.41) is 17.4. The number of carboxylic acid groups (broad SMARTS) is 2. The molecule has 0 saturated carbocycles. The number of rotatable bonds is 12. The van der Waals surface area contributed by atoms with Crippen LogP contribution in [0.4, 0.5) is 0 Å². The quantitative estimate of drug-likeness (QED) is 0.288. The molecule has 0 radical (unpaired) electrons. The fraction of sp³-hybridized carbons (Fsp3) is 0.438. The molecule has 1 unspecified atom stereocenters. The van der Waals surface area contributed by atoms with Gasteiger partial charge < -0.3 is 30.2 Å². The first kappa shape index (κ1) is 23.7. The largest absolute Gasteiger partial charge is 0.496 e. The van der Waals surface area contributed by atoms with Gasteiger partial charge in [0.1, 0.15) is 30.3 Å². The summed E-state index contributed by atoms with van der Waals surface area (Å²) in [7, 11) is -1.56. The third-order valence-corrected chi connectivity index (χ3v) is 5.51. The molecule has 28 heavy (non-hydrogen) atoms. The first-order valence-electron chi connectivity index (χ1n) is 7.94. The number of carbonyl (C=O) groups excluding carboxylic acids is 1. The highest BCUT2D eigenvalue weighted by atomic mass is 31.2. The lowest BCUT2D eigenvalue weighted by atomic mass is 10.1. The van der Waals surface area contributed by atoms with E-state index in [1.54, 1.807) is 0 Å². The van der Waals surface area contributed by atoms with Crippen molar-refractivity contribution >= 4 is 25.2 Å². The highest BCUT2D eigenvalue weighted by Gasteiger charge is 2.45. The molecule has 1 rings (SSSR count). The minimum absolute atomic E-state index is 0.121. The van der Waals surface area contributed by atoms with E-state index in [1.165, 1.54) is 26.4 Å². The van der Waals surface area contributed by atoms with Gasteiger partial charge >= 0.3 is 25.2 Å². The summed E-state index contributed by atoms with van der Waals surface area (Å²) in [4.78, 5) is 54.2. The van der Waals surface area contributed by atoms with Crippen LogP contribution in [0.3, 0.4) is 0 Å². The third-order valence-electron chi connectivity index (χ3n) is 3.72. The molecule has 0 saturated heterocycles. The van der Waals surface area contributed by atoms with Gasteiger partial charge in [-0.15, -0.1) is 0 Å². The van der Waals surface area contributed by atoms with Gasteiger partial charge in [-0.25, -0.2) is 19.4 Å². The van der Waals surface area contributed by atoms with Gasteiger partial charge in [0.25, 0.3) is 0 Å². The number of benzene rings is 1. The molecule has 11 nitrogen and oxygen atoms in total. The summed E-state index contributed by atoms with van der Waals surface area (Å²) in [6.45, 7) is -0.738. The maximum atomic E-state index is 12.5. The maximum Gasteiger partial charge on any atom is 0.357 e. The number of methoxy groups -OCH3 is 2. The molecule has 0 aliphatic heterocycles. The Kier molecular flexibility index (Phi) is 8.73. The van der Waals surface area contributed by atoms with Crippen LogP contribution in [0.1, 0.15) is 22.3 Å². The van der Waals surface area contributed by atoms with Crippen LogP contribution in [0.15, 0.2) is 12.1 Å². The normalized spacial score (nSPS) is 12.3. The van der Waals surface area contributed by atoms with Crippen LogP contribution in [0, 0.1) is 0 Å². The van der Waals surface area contributed by atoms with Gasteiger partial charge in [0.15, 0.2) is 0 Å². The number of hydrogen-bond acceptors (Lipinski definition) is 9. The van der Waals surface area contributed by atoms with E-state index in [9.17, 15) is 24.2 Å². The van der Waals surface area contributed by atoms with E-state index < -0.39 is 44.0 Å². The van der Waals surface area contributed by atoms with E-state index in [1.807, 2.05) is 0 Å². The zero-order chi connectivity index (χ0) is 21.5. The van der Waals surface area contributed by atoms with Crippen molar-refractivity contribution in [2.24, 2.45) is 5.73 Å². The molecule has 0 aliphatic carbocycles. The number of ether oxygens (including phenoxy) is 3. The first-order chi connectivity index (χ1) is 13.0. The molecule has 0 aliphatic rings. The molecular weight excluding hydrogens is 397 g/mol. The van der Waals surface area contributed by atoms with Gasteiger partial charge in [-0.1, -0.05) is 0 Å². The molecule has 0 fully saturated rings. The summed E-state index contributed by atoms with van der Waals surface area (Å²) < 4.78 is 15.4. The standard InChI is InChI=1S/C16H22NO10P/c1-25-12-5-9(6-13(26-2)10(12)7-27-8-14(18)19)16(22)28(23,24)4-3-11(17)15(20)21/h5-6,11,23-24H,3-4,7-8,17H2,1-2H3,(H-,18,19,20,21)/p+1. The summed E-state index contributed by atoms with van der Waals surface area (Å²) in [6, 6.07) is 1.15. The van der Waals surface area contributed by atoms with Gasteiger partial charge in [-0.3, -0.25) is 4.79 Å². The Bertz CT molecular complexity index is 711. The predicted molar refractivity (Wildman–Crippen MR) is 97.6 cm³/mol. The number of carbonyl (C=O) groups is 3. The molecule has 0 amide bonds. The maximum absolute atomic E-state index is 12.5. The van der Waals surface area contributed by atoms with Crippen LogP contribution in [0.5, 0.6) is 11.5 Å². The summed E-state index contributed by atoms with van der Waals surface area (Å²) in [6.07, 6.45) is -0.787. The van der Waals surface area contributed by atoms with Crippen LogP contribution >= 0.6 is 7.72 Å². The number of carboxylic acids is 2. The van der Waals surface area contributed by atoms with Crippen molar-refractivity contribution < 1.29 is 48.6 Å². The molecule has 156 valence electrons. The van der Waals surface area contributed by atoms with E-state index in [-0.39, 0.29) is 30.1 Å². The Labute approximate surface area is 161 Å². The van der Waals surface area contributed by atoms with Crippen LogP contribution in [0.2, 0.25) is 0 Å². The second-order valence-corrected chi connectivity index (χ2v) is 8.05. The number of aliphatic carboxylic acids is 2. The molecule has 0 aromatic heterocycles. The fourth-order valence-electron chi connectivity index (χ4n) is 2.24. The van der Waals surface area contributed by atoms with E-state index in [2.05, 4.69) is 0 Å². The molecule has 1 atom stereocenters. The zero-order valence-corrected chi connectivity index (χ0v) is 16.2. The van der Waals surface area contributed by atoms with Gasteiger partial charge in [0.05, 0.1) is 32.0 Å². The van der Waals surface area contributed by atoms with Gasteiger partial charge in [0, 0.05) is 6.42 Å². The van der Waals surface area contributed by atoms with Crippen molar-refractivity contribution in [2.45, 2.75) is 19.1 Å². The second-order valence-electron chi connectivity index (χ2n) is 5.74. The Morgan fingerprint density at radius 2 is 1.64 bits per heavy atom. The van der Waals surface area contributed by atoms with Gasteiger partial charge in [-0.2, -0.15) is 0 Å². The topological polar surface area (TPSA) is 186 Å².